The highest BCUT2D eigenvalue weighted by Gasteiger charge is 2.48. The van der Waals surface area contributed by atoms with Gasteiger partial charge in [-0.15, -0.1) is 0 Å². The number of hydrogen-bond donors (Lipinski definition) is 2. The number of aromatic nitrogens is 2. The number of benzene rings is 2. The third-order valence-corrected chi connectivity index (χ3v) is 15.3. The number of amides is 4. The Kier molecular flexibility index (Phi) is 13.7. The Hall–Kier alpha value is -6.14. The topological polar surface area (TPSA) is 184 Å². The number of hydrogen-bond acceptors (Lipinski definition) is 14. The molecule has 1 spiro atoms. The van der Waals surface area contributed by atoms with Crippen molar-refractivity contribution in [2.24, 2.45) is 5.41 Å². The van der Waals surface area contributed by atoms with E-state index in [0.29, 0.717) is 49.1 Å². The van der Waals surface area contributed by atoms with Crippen LogP contribution in [0.1, 0.15) is 82.6 Å². The van der Waals surface area contributed by atoms with Gasteiger partial charge in [-0.1, -0.05) is 0 Å². The predicted octanol–water partition coefficient (Wildman–Crippen LogP) is 3.69. The number of ether oxygens (including phenoxy) is 1. The molecule has 0 radical (unpaired) electrons. The van der Waals surface area contributed by atoms with Crippen molar-refractivity contribution in [2.75, 3.05) is 113 Å². The first kappa shape index (κ1) is 46.0. The van der Waals surface area contributed by atoms with Crippen LogP contribution in [-0.4, -0.2) is 183 Å². The lowest BCUT2D eigenvalue weighted by Crippen LogP contribution is -2.59. The molecule has 6 aliphatic rings. The van der Waals surface area contributed by atoms with Gasteiger partial charge >= 0.3 is 6.03 Å². The van der Waals surface area contributed by atoms with E-state index in [4.69, 9.17) is 9.72 Å². The summed E-state index contributed by atoms with van der Waals surface area (Å²) < 4.78 is 5.33. The van der Waals surface area contributed by atoms with Gasteiger partial charge in [-0.3, -0.25) is 24.1 Å². The Morgan fingerprint density at radius 2 is 1.55 bits per heavy atom. The third-order valence-electron chi connectivity index (χ3n) is 15.3. The maximum Gasteiger partial charge on any atom is 0.320 e. The minimum Gasteiger partial charge on any atom is -0.377 e. The standard InChI is InChI=1S/C49H63N11O7/c1-50-46(64)43(6-4-24-61)54(2)47(65)41-25-37(10-7-34(41)30-62)56-18-20-57(21-19-56)39-26-49(27-39)13-16-55(17-14-49)36-11-8-35(9-12-36)52-45-42(31-63)51-28-44(53-45)58-15-3-5-38(29-58)59-22-23-60(48(59)66)40-32-67-33-40/h7-12,24-25,28,30-31,38-40,43H,3-6,13-23,26-27,29,32-33H2,1-2H3,(H,50,64)(H,52,53). The van der Waals surface area contributed by atoms with Crippen LogP contribution in [0.15, 0.2) is 48.7 Å². The monoisotopic (exact) mass is 917 g/mol. The molecule has 356 valence electrons. The smallest absolute Gasteiger partial charge is 0.320 e. The molecule has 2 aromatic carbocycles. The summed E-state index contributed by atoms with van der Waals surface area (Å²) in [5.74, 6) is 0.306. The average Bonchev–Trinajstić information content (AvgIpc) is 3.72. The van der Waals surface area contributed by atoms with Crippen LogP contribution in [0.5, 0.6) is 0 Å². The lowest BCUT2D eigenvalue weighted by Gasteiger charge is -2.56. The first-order chi connectivity index (χ1) is 32.6. The molecule has 18 heteroatoms. The molecule has 6 fully saturated rings. The molecule has 5 aliphatic heterocycles. The zero-order chi connectivity index (χ0) is 46.7. The lowest BCUT2D eigenvalue weighted by atomic mass is 9.60. The maximum atomic E-state index is 13.7. The molecule has 9 rings (SSSR count). The Morgan fingerprint density at radius 3 is 2.21 bits per heavy atom. The van der Waals surface area contributed by atoms with Crippen LogP contribution in [-0.2, 0) is 14.3 Å². The van der Waals surface area contributed by atoms with E-state index in [1.165, 1.54) is 37.5 Å². The molecule has 0 bridgehead atoms. The van der Waals surface area contributed by atoms with Crippen molar-refractivity contribution >= 4 is 65.4 Å². The Labute approximate surface area is 391 Å². The van der Waals surface area contributed by atoms with E-state index in [-0.39, 0.29) is 53.7 Å². The highest BCUT2D eigenvalue weighted by atomic mass is 16.5. The number of urea groups is 1. The zero-order valence-corrected chi connectivity index (χ0v) is 38.7. The number of aldehydes is 3. The summed E-state index contributed by atoms with van der Waals surface area (Å²) in [6.07, 6.45) is 10.7. The number of rotatable bonds is 16. The van der Waals surface area contributed by atoms with Crippen LogP contribution in [0.2, 0.25) is 0 Å². The molecule has 1 aromatic heterocycles. The molecule has 6 heterocycles. The largest absolute Gasteiger partial charge is 0.377 e. The quantitative estimate of drug-likeness (QED) is 0.199. The van der Waals surface area contributed by atoms with Gasteiger partial charge in [0, 0.05) is 115 Å². The third kappa shape index (κ3) is 9.55. The summed E-state index contributed by atoms with van der Waals surface area (Å²) in [6, 6.07) is 13.7. The van der Waals surface area contributed by atoms with Gasteiger partial charge in [0.25, 0.3) is 5.91 Å². The SMILES string of the molecule is CNC(=O)C(CCC=O)N(C)C(=O)c1cc(N2CCN(C3CC4(CCN(c5ccc(Nc6nc(N7CCCC(N8CCN(C9COC9)C8=O)C7)cnc6C=O)cc5)CC4)C3)CC2)ccc1C=O. The predicted molar refractivity (Wildman–Crippen MR) is 254 cm³/mol. The Balaban J connectivity index is 0.745. The first-order valence-electron chi connectivity index (χ1n) is 24.0. The summed E-state index contributed by atoms with van der Waals surface area (Å²) in [7, 11) is 3.03. The number of anilines is 5. The second-order valence-electron chi connectivity index (χ2n) is 19.1. The molecule has 2 N–H and O–H groups in total. The molecule has 67 heavy (non-hydrogen) atoms. The molecule has 18 nitrogen and oxygen atoms in total. The Morgan fingerprint density at radius 1 is 0.851 bits per heavy atom. The van der Waals surface area contributed by atoms with Crippen LogP contribution in [0, 0.1) is 5.41 Å². The van der Waals surface area contributed by atoms with Crippen molar-refractivity contribution in [3.63, 3.8) is 0 Å². The molecule has 3 aromatic rings. The highest BCUT2D eigenvalue weighted by molar-refractivity contribution is 6.04. The van der Waals surface area contributed by atoms with Gasteiger partial charge in [0.15, 0.2) is 18.4 Å². The number of carbonyl (C=O) groups is 6. The highest BCUT2D eigenvalue weighted by Crippen LogP contribution is 2.51. The second-order valence-corrected chi connectivity index (χ2v) is 19.1. The van der Waals surface area contributed by atoms with E-state index in [9.17, 15) is 28.8 Å². The fourth-order valence-electron chi connectivity index (χ4n) is 11.1. The van der Waals surface area contributed by atoms with Gasteiger partial charge in [0.2, 0.25) is 5.91 Å². The van der Waals surface area contributed by atoms with Crippen LogP contribution in [0.4, 0.5) is 33.5 Å². The minimum atomic E-state index is -0.830. The van der Waals surface area contributed by atoms with Gasteiger partial charge in [0.05, 0.1) is 37.1 Å². The van der Waals surface area contributed by atoms with Gasteiger partial charge in [-0.05, 0) is 92.8 Å². The summed E-state index contributed by atoms with van der Waals surface area (Å²) in [5, 5.41) is 5.93. The molecule has 4 amide bonds. The fraction of sp³-hybridized carbons (Fsp3) is 0.551. The van der Waals surface area contributed by atoms with Crippen LogP contribution < -0.4 is 25.3 Å². The van der Waals surface area contributed by atoms with E-state index in [0.717, 1.165) is 109 Å². The minimum absolute atomic E-state index is 0.0906. The summed E-state index contributed by atoms with van der Waals surface area (Å²) in [6.45, 7) is 9.59. The van der Waals surface area contributed by atoms with E-state index >= 15 is 0 Å². The maximum absolute atomic E-state index is 13.7. The first-order valence-corrected chi connectivity index (χ1v) is 24.0. The van der Waals surface area contributed by atoms with Gasteiger partial charge in [-0.25, -0.2) is 14.8 Å². The average molecular weight is 918 g/mol. The summed E-state index contributed by atoms with van der Waals surface area (Å²) in [4.78, 5) is 98.8. The van der Waals surface area contributed by atoms with E-state index < -0.39 is 11.9 Å². The summed E-state index contributed by atoms with van der Waals surface area (Å²) >= 11 is 0. The van der Waals surface area contributed by atoms with Crippen LogP contribution >= 0.6 is 0 Å². The van der Waals surface area contributed by atoms with Crippen LogP contribution in [0.3, 0.4) is 0 Å². The molecule has 1 aliphatic carbocycles. The van der Waals surface area contributed by atoms with Crippen molar-refractivity contribution in [1.82, 2.24) is 34.9 Å². The lowest BCUT2D eigenvalue weighted by molar-refractivity contribution is -0.125. The van der Waals surface area contributed by atoms with E-state index in [1.54, 1.807) is 18.3 Å². The Bertz CT molecular complexity index is 2300. The number of nitrogens with zero attached hydrogens (tertiary/aromatic N) is 9. The van der Waals surface area contributed by atoms with E-state index in [1.807, 2.05) is 28.0 Å². The van der Waals surface area contributed by atoms with Crippen molar-refractivity contribution in [3.8, 4) is 0 Å². The second kappa shape index (κ2) is 20.0. The van der Waals surface area contributed by atoms with Crippen molar-refractivity contribution in [2.45, 2.75) is 75.5 Å². The molecule has 5 saturated heterocycles. The zero-order valence-electron chi connectivity index (χ0n) is 38.7. The number of nitrogens with one attached hydrogen (secondary N) is 2. The van der Waals surface area contributed by atoms with Gasteiger partial charge in [-0.2, -0.15) is 0 Å². The van der Waals surface area contributed by atoms with Crippen molar-refractivity contribution in [3.05, 3.63) is 65.5 Å². The molecule has 2 unspecified atom stereocenters. The number of piperazine rings is 1. The van der Waals surface area contributed by atoms with Crippen molar-refractivity contribution in [1.29, 1.82) is 0 Å². The van der Waals surface area contributed by atoms with Crippen LogP contribution in [0.25, 0.3) is 0 Å². The fourth-order valence-corrected chi connectivity index (χ4v) is 11.1. The molecular formula is C49H63N11O7. The summed E-state index contributed by atoms with van der Waals surface area (Å²) in [5.41, 5.74) is 3.98. The number of likely N-dealkylation sites (N-methyl/N-ethyl adjacent to an activating group) is 2. The molecule has 1 saturated carbocycles. The number of piperidine rings is 2. The van der Waals surface area contributed by atoms with Gasteiger partial charge in [0.1, 0.15) is 23.8 Å². The normalized spacial score (nSPS) is 21.7. The van der Waals surface area contributed by atoms with Gasteiger partial charge < -0.3 is 49.6 Å². The van der Waals surface area contributed by atoms with Crippen molar-refractivity contribution < 1.29 is 33.5 Å². The number of carbonyl (C=O) groups excluding carboxylic acids is 6. The van der Waals surface area contributed by atoms with E-state index in [2.05, 4.69) is 47.3 Å². The molecule has 2 atom stereocenters. The molecular weight excluding hydrogens is 855 g/mol.